The van der Waals surface area contributed by atoms with E-state index in [1.165, 1.54) is 44.8 Å². The minimum Gasteiger partial charge on any atom is -0.449 e. The molecule has 1 aromatic carbocycles. The second-order valence-electron chi connectivity index (χ2n) is 6.73. The zero-order valence-corrected chi connectivity index (χ0v) is 14.5. The molecule has 2 aliphatic rings. The zero-order chi connectivity index (χ0) is 16.9. The Bertz CT molecular complexity index is 606. The number of alkyl carbamates (subject to hydrolysis) is 1. The van der Waals surface area contributed by atoms with E-state index in [2.05, 4.69) is 5.32 Å². The SMILES string of the molecule is O=C(NC(=O)c1cccc(Cl)c1)OC[C@@H]1CCC[NH+]2CCCC[C@H]12. The van der Waals surface area contributed by atoms with Crippen LogP contribution in [0, 0.1) is 5.92 Å². The van der Waals surface area contributed by atoms with Gasteiger partial charge in [-0.1, -0.05) is 17.7 Å². The first-order valence-corrected chi connectivity index (χ1v) is 9.09. The molecular weight excluding hydrogens is 328 g/mol. The number of amides is 2. The average Bonchev–Trinajstić information content (AvgIpc) is 2.60. The number of ether oxygens (including phenoxy) is 1. The van der Waals surface area contributed by atoms with Gasteiger partial charge < -0.3 is 9.64 Å². The third-order valence-electron chi connectivity index (χ3n) is 5.16. The van der Waals surface area contributed by atoms with Crippen LogP contribution in [0.15, 0.2) is 24.3 Å². The Morgan fingerprint density at radius 1 is 1.21 bits per heavy atom. The number of halogens is 1. The van der Waals surface area contributed by atoms with Crippen molar-refractivity contribution in [2.75, 3.05) is 19.7 Å². The standard InChI is InChI=1S/C18H23ClN2O3/c19-15-7-3-5-13(11-15)17(22)20-18(23)24-12-14-6-4-10-21-9-2-1-8-16(14)21/h3,5,7,11,14,16H,1-2,4,6,8-10,12H2,(H,20,22,23)/p+1/t14-,16+/m0/s1. The van der Waals surface area contributed by atoms with Crippen LogP contribution in [0.2, 0.25) is 5.02 Å². The van der Waals surface area contributed by atoms with E-state index in [-0.39, 0.29) is 0 Å². The molecule has 2 aliphatic heterocycles. The first-order valence-electron chi connectivity index (χ1n) is 8.72. The number of hydrogen-bond donors (Lipinski definition) is 2. The number of hydrogen-bond acceptors (Lipinski definition) is 3. The maximum atomic E-state index is 12.0. The number of carbonyl (C=O) groups is 2. The highest BCUT2D eigenvalue weighted by atomic mass is 35.5. The van der Waals surface area contributed by atoms with Crippen LogP contribution in [0.5, 0.6) is 0 Å². The first-order chi connectivity index (χ1) is 11.6. The molecular formula is C18H24ClN2O3+. The van der Waals surface area contributed by atoms with E-state index in [4.69, 9.17) is 16.3 Å². The van der Waals surface area contributed by atoms with Crippen molar-refractivity contribution < 1.29 is 19.2 Å². The average molecular weight is 352 g/mol. The highest BCUT2D eigenvalue weighted by Crippen LogP contribution is 2.20. The van der Waals surface area contributed by atoms with Crippen LogP contribution in [0.4, 0.5) is 4.79 Å². The Labute approximate surface area is 147 Å². The molecule has 2 fully saturated rings. The van der Waals surface area contributed by atoms with Gasteiger partial charge in [0, 0.05) is 16.5 Å². The summed E-state index contributed by atoms with van der Waals surface area (Å²) in [6, 6.07) is 7.08. The van der Waals surface area contributed by atoms with E-state index in [1.807, 2.05) is 0 Å². The van der Waals surface area contributed by atoms with Gasteiger partial charge in [0.05, 0.1) is 19.1 Å². The predicted molar refractivity (Wildman–Crippen MR) is 91.3 cm³/mol. The van der Waals surface area contributed by atoms with Gasteiger partial charge in [-0.15, -0.1) is 0 Å². The maximum absolute atomic E-state index is 12.0. The molecule has 24 heavy (non-hydrogen) atoms. The van der Waals surface area contributed by atoms with Crippen LogP contribution >= 0.6 is 11.6 Å². The summed E-state index contributed by atoms with van der Waals surface area (Å²) >= 11 is 5.85. The van der Waals surface area contributed by atoms with E-state index in [1.54, 1.807) is 23.1 Å². The lowest BCUT2D eigenvalue weighted by Gasteiger charge is -2.40. The molecule has 0 bridgehead atoms. The molecule has 2 saturated heterocycles. The Hall–Kier alpha value is -1.59. The topological polar surface area (TPSA) is 59.8 Å². The van der Waals surface area contributed by atoms with E-state index in [0.29, 0.717) is 29.2 Å². The lowest BCUT2D eigenvalue weighted by atomic mass is 9.84. The molecule has 1 unspecified atom stereocenters. The summed E-state index contributed by atoms with van der Waals surface area (Å²) in [5, 5.41) is 2.73. The lowest BCUT2D eigenvalue weighted by molar-refractivity contribution is -0.940. The molecule has 1 aromatic rings. The Kier molecular flexibility index (Phi) is 5.74. The number of rotatable bonds is 3. The molecule has 2 heterocycles. The number of imide groups is 1. The van der Waals surface area contributed by atoms with Gasteiger partial charge in [0.2, 0.25) is 0 Å². The van der Waals surface area contributed by atoms with Crippen LogP contribution in [0.1, 0.15) is 42.5 Å². The Balaban J connectivity index is 1.49. The van der Waals surface area contributed by atoms with E-state index < -0.39 is 12.0 Å². The van der Waals surface area contributed by atoms with Crippen molar-refractivity contribution in [3.8, 4) is 0 Å². The fourth-order valence-electron chi connectivity index (χ4n) is 3.99. The van der Waals surface area contributed by atoms with Crippen molar-refractivity contribution in [2.45, 2.75) is 38.1 Å². The fraction of sp³-hybridized carbons (Fsp3) is 0.556. The number of quaternary nitrogens is 1. The van der Waals surface area contributed by atoms with Crippen molar-refractivity contribution in [1.29, 1.82) is 0 Å². The minimum atomic E-state index is -0.678. The summed E-state index contributed by atoms with van der Waals surface area (Å²) in [4.78, 5) is 25.6. The van der Waals surface area contributed by atoms with E-state index >= 15 is 0 Å². The first kappa shape index (κ1) is 17.2. The number of carbonyl (C=O) groups excluding carboxylic acids is 2. The van der Waals surface area contributed by atoms with Crippen molar-refractivity contribution >= 4 is 23.6 Å². The molecule has 0 aromatic heterocycles. The third-order valence-corrected chi connectivity index (χ3v) is 5.40. The summed E-state index contributed by atoms with van der Waals surface area (Å²) in [5.41, 5.74) is 0.347. The van der Waals surface area contributed by atoms with Gasteiger partial charge >= 0.3 is 6.09 Å². The van der Waals surface area contributed by atoms with Crippen LogP contribution < -0.4 is 10.2 Å². The summed E-state index contributed by atoms with van der Waals surface area (Å²) in [5.74, 6) is -0.0860. The molecule has 3 atom stereocenters. The predicted octanol–water partition coefficient (Wildman–Crippen LogP) is 2.05. The van der Waals surface area contributed by atoms with Crippen LogP contribution in [0.25, 0.3) is 0 Å². The van der Waals surface area contributed by atoms with Crippen molar-refractivity contribution in [3.63, 3.8) is 0 Å². The lowest BCUT2D eigenvalue weighted by Crippen LogP contribution is -3.18. The molecule has 2 amide bonds. The smallest absolute Gasteiger partial charge is 0.414 e. The van der Waals surface area contributed by atoms with E-state index in [9.17, 15) is 9.59 Å². The molecule has 3 rings (SSSR count). The van der Waals surface area contributed by atoms with Crippen LogP contribution in [0.3, 0.4) is 0 Å². The highest BCUT2D eigenvalue weighted by molar-refractivity contribution is 6.31. The number of fused-ring (bicyclic) bond motifs is 1. The summed E-state index contributed by atoms with van der Waals surface area (Å²) < 4.78 is 5.34. The van der Waals surface area contributed by atoms with E-state index in [0.717, 1.165) is 6.42 Å². The second-order valence-corrected chi connectivity index (χ2v) is 7.16. The van der Waals surface area contributed by atoms with Gasteiger partial charge in [-0.05, 0) is 50.3 Å². The summed E-state index contributed by atoms with van der Waals surface area (Å²) in [7, 11) is 0. The van der Waals surface area contributed by atoms with Crippen LogP contribution in [-0.2, 0) is 4.74 Å². The molecule has 2 N–H and O–H groups in total. The van der Waals surface area contributed by atoms with Crippen molar-refractivity contribution in [2.24, 2.45) is 5.92 Å². The largest absolute Gasteiger partial charge is 0.449 e. The molecule has 0 aliphatic carbocycles. The molecule has 5 nitrogen and oxygen atoms in total. The van der Waals surface area contributed by atoms with Gasteiger partial charge in [0.25, 0.3) is 5.91 Å². The highest BCUT2D eigenvalue weighted by Gasteiger charge is 2.37. The Morgan fingerprint density at radius 2 is 2.04 bits per heavy atom. The third kappa shape index (κ3) is 4.28. The number of piperidine rings is 2. The monoisotopic (exact) mass is 351 g/mol. The van der Waals surface area contributed by atoms with Crippen molar-refractivity contribution in [3.05, 3.63) is 34.9 Å². The summed E-state index contributed by atoms with van der Waals surface area (Å²) in [6.45, 7) is 2.87. The van der Waals surface area contributed by atoms with Gasteiger partial charge in [-0.2, -0.15) is 0 Å². The number of benzene rings is 1. The molecule has 6 heteroatoms. The maximum Gasteiger partial charge on any atom is 0.414 e. The quantitative estimate of drug-likeness (QED) is 0.876. The van der Waals surface area contributed by atoms with Gasteiger partial charge in [-0.3, -0.25) is 10.1 Å². The molecule has 0 spiro atoms. The zero-order valence-electron chi connectivity index (χ0n) is 13.7. The summed E-state index contributed by atoms with van der Waals surface area (Å²) in [6.07, 6.45) is 5.39. The number of nitrogens with one attached hydrogen (secondary N) is 2. The minimum absolute atomic E-state index is 0.347. The van der Waals surface area contributed by atoms with Crippen molar-refractivity contribution in [1.82, 2.24) is 5.32 Å². The second kappa shape index (κ2) is 7.99. The Morgan fingerprint density at radius 3 is 2.88 bits per heavy atom. The van der Waals surface area contributed by atoms with Gasteiger partial charge in [0.15, 0.2) is 0 Å². The van der Waals surface area contributed by atoms with Crippen LogP contribution in [-0.4, -0.2) is 37.7 Å². The molecule has 130 valence electrons. The van der Waals surface area contributed by atoms with Gasteiger partial charge in [0.1, 0.15) is 6.61 Å². The molecule has 0 radical (unpaired) electrons. The fourth-order valence-corrected chi connectivity index (χ4v) is 4.18. The van der Waals surface area contributed by atoms with Gasteiger partial charge in [-0.25, -0.2) is 4.79 Å². The molecule has 0 saturated carbocycles. The normalized spacial score (nSPS) is 26.3.